The maximum Gasteiger partial charge on any atom is 0.320 e. The molecule has 1 saturated heterocycles. The predicted molar refractivity (Wildman–Crippen MR) is 80.1 cm³/mol. The van der Waals surface area contributed by atoms with Crippen molar-refractivity contribution in [1.82, 2.24) is 15.1 Å². The van der Waals surface area contributed by atoms with Gasteiger partial charge >= 0.3 is 12.0 Å². The van der Waals surface area contributed by atoms with E-state index in [2.05, 4.69) is 19.2 Å². The summed E-state index contributed by atoms with van der Waals surface area (Å²) >= 11 is 0. The number of piperazine rings is 1. The molecule has 2 fully saturated rings. The first-order chi connectivity index (χ1) is 9.90. The van der Waals surface area contributed by atoms with E-state index < -0.39 is 12.0 Å². The van der Waals surface area contributed by atoms with Crippen LogP contribution >= 0.6 is 0 Å². The quantitative estimate of drug-likeness (QED) is 0.821. The number of urea groups is 1. The maximum absolute atomic E-state index is 12.3. The second kappa shape index (κ2) is 6.64. The van der Waals surface area contributed by atoms with Crippen molar-refractivity contribution in [2.24, 2.45) is 11.8 Å². The second-order valence-electron chi connectivity index (χ2n) is 6.51. The van der Waals surface area contributed by atoms with Crippen molar-refractivity contribution in [3.8, 4) is 0 Å². The second-order valence-corrected chi connectivity index (χ2v) is 6.51. The minimum absolute atomic E-state index is 0.00331. The van der Waals surface area contributed by atoms with Crippen LogP contribution in [0.4, 0.5) is 4.79 Å². The third kappa shape index (κ3) is 3.67. The third-order valence-electron chi connectivity index (χ3n) is 5.28. The van der Waals surface area contributed by atoms with Gasteiger partial charge in [-0.05, 0) is 31.6 Å². The molecule has 0 aromatic heterocycles. The summed E-state index contributed by atoms with van der Waals surface area (Å²) in [6.45, 7) is 8.58. The number of rotatable bonds is 3. The molecule has 1 saturated carbocycles. The van der Waals surface area contributed by atoms with E-state index in [4.69, 9.17) is 5.11 Å². The van der Waals surface area contributed by atoms with Gasteiger partial charge in [-0.15, -0.1) is 0 Å². The number of hydrogen-bond acceptors (Lipinski definition) is 3. The number of nitrogens with one attached hydrogen (secondary N) is 1. The van der Waals surface area contributed by atoms with E-state index in [1.807, 2.05) is 4.90 Å². The molecule has 6 nitrogen and oxygen atoms in total. The minimum atomic E-state index is -0.804. The summed E-state index contributed by atoms with van der Waals surface area (Å²) in [4.78, 5) is 27.0. The Hall–Kier alpha value is -1.30. The molecule has 1 aliphatic carbocycles. The third-order valence-corrected chi connectivity index (χ3v) is 5.28. The van der Waals surface area contributed by atoms with Crippen LogP contribution in [-0.2, 0) is 4.79 Å². The zero-order chi connectivity index (χ0) is 15.6. The van der Waals surface area contributed by atoms with Crippen LogP contribution in [0.25, 0.3) is 0 Å². The first-order valence-electron chi connectivity index (χ1n) is 7.92. The fourth-order valence-corrected chi connectivity index (χ4v) is 3.29. The van der Waals surface area contributed by atoms with E-state index >= 15 is 0 Å². The van der Waals surface area contributed by atoms with Crippen LogP contribution in [0, 0.1) is 11.8 Å². The van der Waals surface area contributed by atoms with Crippen LogP contribution in [0.15, 0.2) is 0 Å². The number of hydrogen-bond donors (Lipinski definition) is 2. The number of carbonyl (C=O) groups is 2. The first-order valence-corrected chi connectivity index (χ1v) is 7.92. The molecule has 0 spiro atoms. The molecule has 4 unspecified atom stereocenters. The molecule has 1 heterocycles. The van der Waals surface area contributed by atoms with E-state index in [1.54, 1.807) is 11.8 Å². The molecule has 0 aromatic rings. The molecule has 21 heavy (non-hydrogen) atoms. The molecule has 6 heteroatoms. The summed E-state index contributed by atoms with van der Waals surface area (Å²) in [7, 11) is 0. The average molecular weight is 297 g/mol. The van der Waals surface area contributed by atoms with Crippen LogP contribution in [0.1, 0.15) is 33.6 Å². The highest BCUT2D eigenvalue weighted by Gasteiger charge is 2.33. The molecule has 2 rings (SSSR count). The summed E-state index contributed by atoms with van der Waals surface area (Å²) in [6.07, 6.45) is 2.24. The molecular formula is C15H27N3O3. The lowest BCUT2D eigenvalue weighted by molar-refractivity contribution is -0.143. The van der Waals surface area contributed by atoms with Gasteiger partial charge in [-0.25, -0.2) is 4.79 Å². The topological polar surface area (TPSA) is 72.9 Å². The highest BCUT2D eigenvalue weighted by Crippen LogP contribution is 2.31. The van der Waals surface area contributed by atoms with E-state index in [0.29, 0.717) is 38.0 Å². The molecule has 4 atom stereocenters. The van der Waals surface area contributed by atoms with Crippen molar-refractivity contribution in [2.75, 3.05) is 26.2 Å². The highest BCUT2D eigenvalue weighted by atomic mass is 16.4. The molecule has 2 aliphatic rings. The van der Waals surface area contributed by atoms with Crippen molar-refractivity contribution in [1.29, 1.82) is 0 Å². The normalized spacial score (nSPS) is 32.0. The summed E-state index contributed by atoms with van der Waals surface area (Å²) in [6, 6.07) is -0.196. The lowest BCUT2D eigenvalue weighted by Gasteiger charge is -2.37. The van der Waals surface area contributed by atoms with Crippen LogP contribution in [0.2, 0.25) is 0 Å². The van der Waals surface area contributed by atoms with E-state index in [-0.39, 0.29) is 12.1 Å². The monoisotopic (exact) mass is 297 g/mol. The lowest BCUT2D eigenvalue weighted by atomic mass is 9.98. The zero-order valence-corrected chi connectivity index (χ0v) is 13.2. The van der Waals surface area contributed by atoms with Crippen LogP contribution in [0.5, 0.6) is 0 Å². The predicted octanol–water partition coefficient (Wildman–Crippen LogP) is 1.22. The number of carboxylic acid groups (broad SMARTS) is 1. The molecule has 0 radical (unpaired) electrons. The molecule has 2 N–H and O–H groups in total. The van der Waals surface area contributed by atoms with Crippen LogP contribution in [0.3, 0.4) is 0 Å². The Labute approximate surface area is 126 Å². The van der Waals surface area contributed by atoms with E-state index in [1.165, 1.54) is 6.42 Å². The van der Waals surface area contributed by atoms with Crippen LogP contribution < -0.4 is 5.32 Å². The first kappa shape index (κ1) is 16.1. The molecule has 120 valence electrons. The van der Waals surface area contributed by atoms with Crippen molar-refractivity contribution >= 4 is 12.0 Å². The Bertz CT molecular complexity index is 394. The molecule has 2 amide bonds. The molecular weight excluding hydrogens is 270 g/mol. The van der Waals surface area contributed by atoms with E-state index in [0.717, 1.165) is 6.42 Å². The molecule has 0 bridgehead atoms. The summed E-state index contributed by atoms with van der Waals surface area (Å²) in [5.41, 5.74) is 0. The summed E-state index contributed by atoms with van der Waals surface area (Å²) in [5.74, 6) is 0.396. The van der Waals surface area contributed by atoms with Gasteiger partial charge in [-0.1, -0.05) is 13.8 Å². The van der Waals surface area contributed by atoms with Gasteiger partial charge in [0.1, 0.15) is 6.04 Å². The van der Waals surface area contributed by atoms with E-state index in [9.17, 15) is 9.59 Å². The number of aliphatic carboxylic acids is 1. The van der Waals surface area contributed by atoms with Crippen molar-refractivity contribution in [3.63, 3.8) is 0 Å². The maximum atomic E-state index is 12.3. The Morgan fingerprint density at radius 2 is 1.76 bits per heavy atom. The molecule has 1 aliphatic heterocycles. The van der Waals surface area contributed by atoms with Gasteiger partial charge in [0, 0.05) is 32.2 Å². The summed E-state index contributed by atoms with van der Waals surface area (Å²) < 4.78 is 0. The SMILES string of the molecule is CC1CCC(NC(=O)N2CCN(C(C)C(=O)O)CC2)C1C. The van der Waals surface area contributed by atoms with Gasteiger partial charge in [-0.3, -0.25) is 9.69 Å². The van der Waals surface area contributed by atoms with Gasteiger partial charge in [0.25, 0.3) is 0 Å². The van der Waals surface area contributed by atoms with Gasteiger partial charge in [0.05, 0.1) is 0 Å². The van der Waals surface area contributed by atoms with Crippen molar-refractivity contribution in [3.05, 3.63) is 0 Å². The van der Waals surface area contributed by atoms with Gasteiger partial charge < -0.3 is 15.3 Å². The lowest BCUT2D eigenvalue weighted by Crippen LogP contribution is -2.56. The minimum Gasteiger partial charge on any atom is -0.480 e. The number of carbonyl (C=O) groups excluding carboxylic acids is 1. The fourth-order valence-electron chi connectivity index (χ4n) is 3.29. The largest absolute Gasteiger partial charge is 0.480 e. The highest BCUT2D eigenvalue weighted by molar-refractivity contribution is 5.75. The van der Waals surface area contributed by atoms with Gasteiger partial charge in [-0.2, -0.15) is 0 Å². The van der Waals surface area contributed by atoms with Crippen molar-refractivity contribution in [2.45, 2.75) is 45.7 Å². The standard InChI is InChI=1S/C15H27N3O3/c1-10-4-5-13(11(10)2)16-15(21)18-8-6-17(7-9-18)12(3)14(19)20/h10-13H,4-9H2,1-3H3,(H,16,21)(H,19,20). The Morgan fingerprint density at radius 3 is 2.24 bits per heavy atom. The Balaban J connectivity index is 1.79. The van der Waals surface area contributed by atoms with Crippen LogP contribution in [-0.4, -0.2) is 65.2 Å². The van der Waals surface area contributed by atoms with Gasteiger partial charge in [0.15, 0.2) is 0 Å². The average Bonchev–Trinajstić information content (AvgIpc) is 2.78. The number of carboxylic acids is 1. The Morgan fingerprint density at radius 1 is 1.14 bits per heavy atom. The number of amides is 2. The fraction of sp³-hybridized carbons (Fsp3) is 0.867. The van der Waals surface area contributed by atoms with Gasteiger partial charge in [0.2, 0.25) is 0 Å². The zero-order valence-electron chi connectivity index (χ0n) is 13.2. The number of nitrogens with zero attached hydrogens (tertiary/aromatic N) is 2. The van der Waals surface area contributed by atoms with Crippen molar-refractivity contribution < 1.29 is 14.7 Å². The summed E-state index contributed by atoms with van der Waals surface area (Å²) in [5, 5.41) is 12.2. The molecule has 0 aromatic carbocycles. The smallest absolute Gasteiger partial charge is 0.320 e. The Kier molecular flexibility index (Phi) is 5.08.